The average Bonchev–Trinajstić information content (AvgIpc) is 3.41. The summed E-state index contributed by atoms with van der Waals surface area (Å²) < 4.78 is 5.48. The van der Waals surface area contributed by atoms with E-state index in [1.54, 1.807) is 12.4 Å². The largest absolute Gasteiger partial charge is 0.465 e. The topological polar surface area (TPSA) is 99.5 Å². The molecule has 0 spiro atoms. The van der Waals surface area contributed by atoms with Crippen molar-refractivity contribution < 1.29 is 14.0 Å². The Morgan fingerprint density at radius 2 is 1.93 bits per heavy atom. The van der Waals surface area contributed by atoms with E-state index in [2.05, 4.69) is 21.2 Å². The molecule has 2 aromatic heterocycles. The number of rotatable bonds is 5. The van der Waals surface area contributed by atoms with Crippen molar-refractivity contribution in [2.24, 2.45) is 5.92 Å². The molecule has 2 unspecified atom stereocenters. The molecule has 2 atom stereocenters. The lowest BCUT2D eigenvalue weighted by atomic mass is 9.95. The van der Waals surface area contributed by atoms with E-state index in [0.717, 1.165) is 17.1 Å². The van der Waals surface area contributed by atoms with E-state index < -0.39 is 0 Å². The van der Waals surface area contributed by atoms with Crippen LogP contribution in [0.15, 0.2) is 41.1 Å². The van der Waals surface area contributed by atoms with Gasteiger partial charge >= 0.3 is 0 Å². The van der Waals surface area contributed by atoms with E-state index in [-0.39, 0.29) is 29.8 Å². The van der Waals surface area contributed by atoms with Crippen LogP contribution in [0.3, 0.4) is 0 Å². The molecule has 2 amide bonds. The molecule has 29 heavy (non-hydrogen) atoms. The lowest BCUT2D eigenvalue weighted by Gasteiger charge is -2.32. The van der Waals surface area contributed by atoms with Crippen LogP contribution in [0.1, 0.15) is 42.4 Å². The normalized spacial score (nSPS) is 22.6. The van der Waals surface area contributed by atoms with Crippen LogP contribution in [0.25, 0.3) is 0 Å². The van der Waals surface area contributed by atoms with Gasteiger partial charge in [-0.2, -0.15) is 0 Å². The molecule has 3 N–H and O–H groups in total. The number of amides is 2. The number of pyridine rings is 1. The van der Waals surface area contributed by atoms with Crippen LogP contribution in [-0.4, -0.2) is 40.8 Å². The van der Waals surface area contributed by atoms with Gasteiger partial charge in [-0.15, -0.1) is 0 Å². The summed E-state index contributed by atoms with van der Waals surface area (Å²) in [5, 5.41) is 2.94. The van der Waals surface area contributed by atoms with Gasteiger partial charge in [0.2, 0.25) is 11.8 Å². The summed E-state index contributed by atoms with van der Waals surface area (Å²) in [6.07, 6.45) is 5.58. The van der Waals surface area contributed by atoms with Crippen LogP contribution in [0.5, 0.6) is 0 Å². The van der Waals surface area contributed by atoms with E-state index in [4.69, 9.17) is 4.42 Å². The van der Waals surface area contributed by atoms with Crippen molar-refractivity contribution >= 4 is 11.8 Å². The molecule has 154 valence electrons. The lowest BCUT2D eigenvalue weighted by molar-refractivity contribution is -0.137. The fourth-order valence-corrected chi connectivity index (χ4v) is 4.01. The van der Waals surface area contributed by atoms with Gasteiger partial charge in [0.25, 0.3) is 0 Å². The van der Waals surface area contributed by atoms with Crippen LogP contribution >= 0.6 is 0 Å². The smallest absolute Gasteiger partial charge is 0.241 e. The molecule has 0 aliphatic carbocycles. The molecule has 0 radical (unpaired) electrons. The Bertz CT molecular complexity index is 845. The first-order valence-corrected chi connectivity index (χ1v) is 10.1. The molecule has 2 fully saturated rings. The number of carbonyl (C=O) groups excluding carboxylic acids is 2. The van der Waals surface area contributed by atoms with Gasteiger partial charge in [0, 0.05) is 37.4 Å². The van der Waals surface area contributed by atoms with Gasteiger partial charge in [-0.1, -0.05) is 0 Å². The quantitative estimate of drug-likeness (QED) is 0.706. The Labute approximate surface area is 170 Å². The van der Waals surface area contributed by atoms with E-state index in [0.29, 0.717) is 38.9 Å². The SMILES string of the molecule is Cc1ccc(CNC(=O)C2CCN(C(=O)C3CC(c4ccncc4)NN3)CC2)o1. The molecule has 0 saturated carbocycles. The van der Waals surface area contributed by atoms with Crippen molar-refractivity contribution in [2.45, 2.75) is 44.8 Å². The van der Waals surface area contributed by atoms with E-state index >= 15 is 0 Å². The highest BCUT2D eigenvalue weighted by molar-refractivity contribution is 5.83. The van der Waals surface area contributed by atoms with Crippen LogP contribution in [0.2, 0.25) is 0 Å². The molecule has 2 aliphatic rings. The summed E-state index contributed by atoms with van der Waals surface area (Å²) in [5.41, 5.74) is 7.45. The number of hydrogen-bond donors (Lipinski definition) is 3. The first-order valence-electron chi connectivity index (χ1n) is 10.1. The monoisotopic (exact) mass is 397 g/mol. The van der Waals surface area contributed by atoms with Gasteiger partial charge in [-0.25, -0.2) is 10.9 Å². The van der Waals surface area contributed by atoms with Crippen molar-refractivity contribution in [1.29, 1.82) is 0 Å². The standard InChI is InChI=1S/C21H27N5O3/c1-14-2-3-17(29-14)13-23-20(27)16-6-10-26(11-7-16)21(28)19-12-18(24-25-19)15-4-8-22-9-5-15/h2-5,8-9,16,18-19,24-25H,6-7,10-13H2,1H3,(H,23,27). The second-order valence-corrected chi connectivity index (χ2v) is 7.74. The number of aryl methyl sites for hydroxylation is 1. The number of piperidine rings is 1. The van der Waals surface area contributed by atoms with Crippen LogP contribution in [0, 0.1) is 12.8 Å². The Balaban J connectivity index is 1.23. The third-order valence-corrected chi connectivity index (χ3v) is 5.72. The van der Waals surface area contributed by atoms with Crippen LogP contribution in [0.4, 0.5) is 0 Å². The molecular weight excluding hydrogens is 370 g/mol. The minimum Gasteiger partial charge on any atom is -0.465 e. The zero-order chi connectivity index (χ0) is 20.2. The Kier molecular flexibility index (Phi) is 5.92. The molecular formula is C21H27N5O3. The zero-order valence-electron chi connectivity index (χ0n) is 16.6. The maximum atomic E-state index is 12.9. The number of hydrogen-bond acceptors (Lipinski definition) is 6. The lowest BCUT2D eigenvalue weighted by Crippen LogP contribution is -2.49. The van der Waals surface area contributed by atoms with Crippen molar-refractivity contribution in [3.63, 3.8) is 0 Å². The first kappa shape index (κ1) is 19.6. The zero-order valence-corrected chi connectivity index (χ0v) is 16.6. The fourth-order valence-electron chi connectivity index (χ4n) is 4.01. The Hall–Kier alpha value is -2.71. The number of hydrazine groups is 1. The van der Waals surface area contributed by atoms with Gasteiger partial charge in [0.05, 0.1) is 6.54 Å². The molecule has 8 heteroatoms. The van der Waals surface area contributed by atoms with Gasteiger partial charge in [0.1, 0.15) is 17.6 Å². The van der Waals surface area contributed by atoms with Crippen molar-refractivity contribution in [3.05, 3.63) is 53.7 Å². The second-order valence-electron chi connectivity index (χ2n) is 7.74. The van der Waals surface area contributed by atoms with E-state index in [1.807, 2.05) is 36.1 Å². The second kappa shape index (κ2) is 8.75. The highest BCUT2D eigenvalue weighted by Gasteiger charge is 2.35. The number of carbonyl (C=O) groups is 2. The van der Waals surface area contributed by atoms with Gasteiger partial charge in [-0.3, -0.25) is 14.6 Å². The minimum absolute atomic E-state index is 0.0320. The molecule has 0 aromatic carbocycles. The van der Waals surface area contributed by atoms with Crippen LogP contribution < -0.4 is 16.2 Å². The van der Waals surface area contributed by atoms with Crippen molar-refractivity contribution in [3.8, 4) is 0 Å². The molecule has 2 aromatic rings. The predicted molar refractivity (Wildman–Crippen MR) is 106 cm³/mol. The number of nitrogens with zero attached hydrogens (tertiary/aromatic N) is 2. The predicted octanol–water partition coefficient (Wildman–Crippen LogP) is 1.45. The summed E-state index contributed by atoms with van der Waals surface area (Å²) in [6, 6.07) is 7.53. The van der Waals surface area contributed by atoms with Gasteiger partial charge in [-0.05, 0) is 56.0 Å². The van der Waals surface area contributed by atoms with Crippen molar-refractivity contribution in [1.82, 2.24) is 26.1 Å². The third kappa shape index (κ3) is 4.65. The number of nitrogens with one attached hydrogen (secondary N) is 3. The highest BCUT2D eigenvalue weighted by atomic mass is 16.3. The molecule has 4 heterocycles. The molecule has 0 bridgehead atoms. The molecule has 2 saturated heterocycles. The van der Waals surface area contributed by atoms with E-state index in [9.17, 15) is 9.59 Å². The van der Waals surface area contributed by atoms with Crippen molar-refractivity contribution in [2.75, 3.05) is 13.1 Å². The summed E-state index contributed by atoms with van der Waals surface area (Å²) in [4.78, 5) is 31.2. The van der Waals surface area contributed by atoms with E-state index in [1.165, 1.54) is 0 Å². The number of furan rings is 1. The molecule has 8 nitrogen and oxygen atoms in total. The first-order chi connectivity index (χ1) is 14.1. The van der Waals surface area contributed by atoms with Gasteiger partial charge in [0.15, 0.2) is 0 Å². The average molecular weight is 397 g/mol. The summed E-state index contributed by atoms with van der Waals surface area (Å²) in [7, 11) is 0. The molecule has 4 rings (SSSR count). The van der Waals surface area contributed by atoms with Crippen LogP contribution in [-0.2, 0) is 16.1 Å². The maximum Gasteiger partial charge on any atom is 0.241 e. The number of likely N-dealkylation sites (tertiary alicyclic amines) is 1. The summed E-state index contributed by atoms with van der Waals surface area (Å²) >= 11 is 0. The Morgan fingerprint density at radius 1 is 1.17 bits per heavy atom. The number of aromatic nitrogens is 1. The maximum absolute atomic E-state index is 12.9. The summed E-state index contributed by atoms with van der Waals surface area (Å²) in [6.45, 7) is 3.50. The third-order valence-electron chi connectivity index (χ3n) is 5.72. The summed E-state index contributed by atoms with van der Waals surface area (Å²) in [5.74, 6) is 1.66. The fraction of sp³-hybridized carbons (Fsp3) is 0.476. The minimum atomic E-state index is -0.249. The highest BCUT2D eigenvalue weighted by Crippen LogP contribution is 2.24. The molecule has 2 aliphatic heterocycles. The Morgan fingerprint density at radius 3 is 2.62 bits per heavy atom. The van der Waals surface area contributed by atoms with Gasteiger partial charge < -0.3 is 14.6 Å².